The first kappa shape index (κ1) is 15.1. The van der Waals surface area contributed by atoms with Gasteiger partial charge in [-0.25, -0.2) is 9.98 Å². The number of rotatable bonds is 5. The first-order chi connectivity index (χ1) is 10.8. The highest BCUT2D eigenvalue weighted by atomic mass is 32.1. The lowest BCUT2D eigenvalue weighted by atomic mass is 10.2. The van der Waals surface area contributed by atoms with Crippen LogP contribution in [0.15, 0.2) is 33.2 Å². The number of guanidine groups is 1. The highest BCUT2D eigenvalue weighted by Crippen LogP contribution is 2.23. The summed E-state index contributed by atoms with van der Waals surface area (Å²) in [6.45, 7) is 3.46. The van der Waals surface area contributed by atoms with Crippen LogP contribution in [0.4, 0.5) is 0 Å². The molecule has 1 aliphatic rings. The van der Waals surface area contributed by atoms with Crippen molar-refractivity contribution >= 4 is 17.3 Å². The number of nitrogens with one attached hydrogen (secondary N) is 2. The van der Waals surface area contributed by atoms with E-state index in [4.69, 9.17) is 4.42 Å². The molecule has 118 valence electrons. The summed E-state index contributed by atoms with van der Waals surface area (Å²) in [7, 11) is 0. The van der Waals surface area contributed by atoms with E-state index < -0.39 is 0 Å². The zero-order chi connectivity index (χ0) is 15.2. The van der Waals surface area contributed by atoms with Crippen LogP contribution in [0.25, 0.3) is 10.8 Å². The predicted molar refractivity (Wildman–Crippen MR) is 90.0 cm³/mol. The van der Waals surface area contributed by atoms with E-state index in [9.17, 15) is 0 Å². The fraction of sp³-hybridized carbons (Fsp3) is 0.500. The van der Waals surface area contributed by atoms with Gasteiger partial charge in [0.1, 0.15) is 12.0 Å². The van der Waals surface area contributed by atoms with E-state index in [1.807, 2.05) is 17.5 Å². The van der Waals surface area contributed by atoms with Crippen LogP contribution >= 0.6 is 11.3 Å². The normalized spacial score (nSPS) is 16.1. The molecule has 6 heteroatoms. The molecule has 0 radical (unpaired) electrons. The summed E-state index contributed by atoms with van der Waals surface area (Å²) in [5, 5.41) is 8.82. The van der Waals surface area contributed by atoms with Crippen molar-refractivity contribution in [3.63, 3.8) is 0 Å². The van der Waals surface area contributed by atoms with Crippen molar-refractivity contribution in [1.82, 2.24) is 15.6 Å². The molecule has 1 fully saturated rings. The molecule has 0 amide bonds. The Kier molecular flexibility index (Phi) is 5.11. The third-order valence-corrected chi connectivity index (χ3v) is 4.58. The van der Waals surface area contributed by atoms with Crippen LogP contribution in [0.5, 0.6) is 0 Å². The SMILES string of the molecule is CCNC(=NCc1coc(-c2cccs2)n1)NC1CCCC1. The van der Waals surface area contributed by atoms with Gasteiger partial charge in [0.25, 0.3) is 0 Å². The smallest absolute Gasteiger partial charge is 0.236 e. The highest BCUT2D eigenvalue weighted by Gasteiger charge is 2.16. The van der Waals surface area contributed by atoms with E-state index in [0.717, 1.165) is 23.1 Å². The number of hydrogen-bond donors (Lipinski definition) is 2. The van der Waals surface area contributed by atoms with Crippen molar-refractivity contribution in [3.8, 4) is 10.8 Å². The second-order valence-corrected chi connectivity index (χ2v) is 6.39. The fourth-order valence-electron chi connectivity index (χ4n) is 2.64. The zero-order valence-corrected chi connectivity index (χ0v) is 13.7. The van der Waals surface area contributed by atoms with Gasteiger partial charge in [0.2, 0.25) is 5.89 Å². The largest absolute Gasteiger partial charge is 0.443 e. The number of hydrogen-bond acceptors (Lipinski definition) is 4. The molecule has 22 heavy (non-hydrogen) atoms. The summed E-state index contributed by atoms with van der Waals surface area (Å²) in [6, 6.07) is 4.56. The van der Waals surface area contributed by atoms with Gasteiger partial charge in [-0.1, -0.05) is 18.9 Å². The molecule has 0 bridgehead atoms. The molecule has 0 atom stereocenters. The lowest BCUT2D eigenvalue weighted by Crippen LogP contribution is -2.42. The summed E-state index contributed by atoms with van der Waals surface area (Å²) < 4.78 is 5.52. The first-order valence-corrected chi connectivity index (χ1v) is 8.76. The molecule has 1 saturated carbocycles. The van der Waals surface area contributed by atoms with Gasteiger partial charge in [0, 0.05) is 12.6 Å². The molecule has 2 aromatic heterocycles. The van der Waals surface area contributed by atoms with E-state index in [1.165, 1.54) is 25.7 Å². The van der Waals surface area contributed by atoms with Crippen molar-refractivity contribution in [3.05, 3.63) is 29.5 Å². The maximum absolute atomic E-state index is 5.52. The molecule has 2 heterocycles. The van der Waals surface area contributed by atoms with Crippen molar-refractivity contribution < 1.29 is 4.42 Å². The van der Waals surface area contributed by atoms with Crippen LogP contribution in [-0.2, 0) is 6.54 Å². The number of nitrogens with zero attached hydrogens (tertiary/aromatic N) is 2. The van der Waals surface area contributed by atoms with Gasteiger partial charge in [-0.2, -0.15) is 0 Å². The second-order valence-electron chi connectivity index (χ2n) is 5.44. The molecule has 0 spiro atoms. The predicted octanol–water partition coefficient (Wildman–Crippen LogP) is 3.40. The van der Waals surface area contributed by atoms with Gasteiger partial charge in [-0.05, 0) is 31.2 Å². The molecular weight excluding hydrogens is 296 g/mol. The molecule has 1 aliphatic carbocycles. The third-order valence-electron chi connectivity index (χ3n) is 3.72. The Morgan fingerprint density at radius 1 is 1.45 bits per heavy atom. The van der Waals surface area contributed by atoms with Crippen LogP contribution in [-0.4, -0.2) is 23.5 Å². The Balaban J connectivity index is 1.62. The van der Waals surface area contributed by atoms with Gasteiger partial charge < -0.3 is 15.1 Å². The summed E-state index contributed by atoms with van der Waals surface area (Å²) in [4.78, 5) is 10.2. The highest BCUT2D eigenvalue weighted by molar-refractivity contribution is 7.13. The number of aliphatic imine (C=N–C) groups is 1. The van der Waals surface area contributed by atoms with Gasteiger partial charge >= 0.3 is 0 Å². The second kappa shape index (κ2) is 7.45. The van der Waals surface area contributed by atoms with Crippen LogP contribution in [0.1, 0.15) is 38.3 Å². The average Bonchev–Trinajstić information content (AvgIpc) is 3.26. The maximum atomic E-state index is 5.52. The molecule has 0 saturated heterocycles. The van der Waals surface area contributed by atoms with E-state index in [-0.39, 0.29) is 0 Å². The summed E-state index contributed by atoms with van der Waals surface area (Å²) in [5.41, 5.74) is 0.854. The minimum atomic E-state index is 0.525. The van der Waals surface area contributed by atoms with E-state index in [1.54, 1.807) is 17.6 Å². The van der Waals surface area contributed by atoms with Gasteiger partial charge in [-0.15, -0.1) is 11.3 Å². The Bertz CT molecular complexity index is 599. The lowest BCUT2D eigenvalue weighted by Gasteiger charge is -2.16. The van der Waals surface area contributed by atoms with Gasteiger partial charge in [-0.3, -0.25) is 0 Å². The Labute approximate surface area is 134 Å². The Morgan fingerprint density at radius 2 is 2.32 bits per heavy atom. The third kappa shape index (κ3) is 3.88. The van der Waals surface area contributed by atoms with Crippen molar-refractivity contribution in [2.24, 2.45) is 4.99 Å². The lowest BCUT2D eigenvalue weighted by molar-refractivity contribution is 0.574. The Morgan fingerprint density at radius 3 is 3.05 bits per heavy atom. The molecule has 3 rings (SSSR count). The first-order valence-electron chi connectivity index (χ1n) is 7.88. The zero-order valence-electron chi connectivity index (χ0n) is 12.8. The van der Waals surface area contributed by atoms with E-state index >= 15 is 0 Å². The van der Waals surface area contributed by atoms with Gasteiger partial charge in [0.05, 0.1) is 11.4 Å². The minimum absolute atomic E-state index is 0.525. The van der Waals surface area contributed by atoms with Crippen LogP contribution in [0.2, 0.25) is 0 Å². The molecular formula is C16H22N4OS. The van der Waals surface area contributed by atoms with Crippen LogP contribution in [0.3, 0.4) is 0 Å². The van der Waals surface area contributed by atoms with E-state index in [0.29, 0.717) is 18.5 Å². The minimum Gasteiger partial charge on any atom is -0.443 e. The Hall–Kier alpha value is -1.82. The average molecular weight is 318 g/mol. The molecule has 5 nitrogen and oxygen atoms in total. The van der Waals surface area contributed by atoms with Crippen molar-refractivity contribution in [1.29, 1.82) is 0 Å². The topological polar surface area (TPSA) is 62.5 Å². The number of thiophene rings is 1. The fourth-order valence-corrected chi connectivity index (χ4v) is 3.29. The molecule has 0 aromatic carbocycles. The summed E-state index contributed by atoms with van der Waals surface area (Å²) in [5.74, 6) is 1.55. The van der Waals surface area contributed by atoms with Crippen LogP contribution in [0, 0.1) is 0 Å². The van der Waals surface area contributed by atoms with Crippen molar-refractivity contribution in [2.45, 2.75) is 45.2 Å². The van der Waals surface area contributed by atoms with Crippen LogP contribution < -0.4 is 10.6 Å². The maximum Gasteiger partial charge on any atom is 0.236 e. The standard InChI is InChI=1S/C16H22N4OS/c1-2-17-16(20-12-6-3-4-7-12)18-10-13-11-21-15(19-13)14-8-5-9-22-14/h5,8-9,11-12H,2-4,6-7,10H2,1H3,(H2,17,18,20). The van der Waals surface area contributed by atoms with E-state index in [2.05, 4.69) is 27.5 Å². The molecule has 0 aliphatic heterocycles. The molecule has 2 aromatic rings. The van der Waals surface area contributed by atoms with Crippen molar-refractivity contribution in [2.75, 3.05) is 6.54 Å². The summed E-state index contributed by atoms with van der Waals surface area (Å²) >= 11 is 1.63. The quantitative estimate of drug-likeness (QED) is 0.655. The van der Waals surface area contributed by atoms with Gasteiger partial charge in [0.15, 0.2) is 5.96 Å². The number of oxazole rings is 1. The number of aromatic nitrogens is 1. The molecule has 0 unspecified atom stereocenters. The molecule has 2 N–H and O–H groups in total. The summed E-state index contributed by atoms with van der Waals surface area (Å²) in [6.07, 6.45) is 6.78. The monoisotopic (exact) mass is 318 g/mol.